The molecule has 2 rings (SSSR count). The van der Waals surface area contributed by atoms with Crippen LogP contribution in [0.2, 0.25) is 0 Å². The summed E-state index contributed by atoms with van der Waals surface area (Å²) < 4.78 is 0. The Balaban J connectivity index is 1.85. The van der Waals surface area contributed by atoms with Gasteiger partial charge in [0.15, 0.2) is 0 Å². The quantitative estimate of drug-likeness (QED) is 0.835. The van der Waals surface area contributed by atoms with Crippen molar-refractivity contribution in [3.63, 3.8) is 0 Å². The number of benzene rings is 1. The Labute approximate surface area is 110 Å². The molecule has 0 aliphatic carbocycles. The first-order valence-electron chi connectivity index (χ1n) is 6.88. The van der Waals surface area contributed by atoms with Crippen molar-refractivity contribution in [3.05, 3.63) is 35.9 Å². The fourth-order valence-electron chi connectivity index (χ4n) is 2.83. The number of hydrogen-bond donors (Lipinski definition) is 2. The molecule has 3 heteroatoms. The maximum absolute atomic E-state index is 9.42. The van der Waals surface area contributed by atoms with Crippen molar-refractivity contribution in [1.82, 2.24) is 4.90 Å². The summed E-state index contributed by atoms with van der Waals surface area (Å²) in [6.45, 7) is 4.55. The van der Waals surface area contributed by atoms with Crippen molar-refractivity contribution >= 4 is 0 Å². The van der Waals surface area contributed by atoms with Gasteiger partial charge >= 0.3 is 0 Å². The second-order valence-electron chi connectivity index (χ2n) is 5.36. The Morgan fingerprint density at radius 2 is 2.11 bits per heavy atom. The molecule has 1 aromatic rings. The van der Waals surface area contributed by atoms with Crippen molar-refractivity contribution < 1.29 is 5.11 Å². The van der Waals surface area contributed by atoms with Gasteiger partial charge in [-0.05, 0) is 30.9 Å². The summed E-state index contributed by atoms with van der Waals surface area (Å²) in [6, 6.07) is 10.7. The number of nitrogens with two attached hydrogens (primary N) is 1. The van der Waals surface area contributed by atoms with Crippen LogP contribution >= 0.6 is 0 Å². The van der Waals surface area contributed by atoms with E-state index in [0.717, 1.165) is 19.5 Å². The van der Waals surface area contributed by atoms with Crippen LogP contribution in [0.4, 0.5) is 0 Å². The molecule has 1 heterocycles. The van der Waals surface area contributed by atoms with E-state index in [1.807, 2.05) is 18.2 Å². The summed E-state index contributed by atoms with van der Waals surface area (Å²) in [5.41, 5.74) is 7.40. The fraction of sp³-hybridized carbons (Fsp3) is 0.600. The molecule has 0 spiro atoms. The normalized spacial score (nSPS) is 26.4. The van der Waals surface area contributed by atoms with Crippen molar-refractivity contribution in [2.45, 2.75) is 31.8 Å². The van der Waals surface area contributed by atoms with Gasteiger partial charge in [0.1, 0.15) is 0 Å². The number of rotatable bonds is 5. The van der Waals surface area contributed by atoms with Crippen LogP contribution < -0.4 is 5.73 Å². The number of nitrogens with zero attached hydrogens (tertiary/aromatic N) is 1. The third kappa shape index (κ3) is 3.10. The van der Waals surface area contributed by atoms with Crippen LogP contribution in [-0.2, 0) is 0 Å². The van der Waals surface area contributed by atoms with E-state index < -0.39 is 0 Å². The number of aliphatic hydroxyl groups excluding tert-OH is 1. The van der Waals surface area contributed by atoms with Gasteiger partial charge in [-0.1, -0.05) is 37.3 Å². The van der Waals surface area contributed by atoms with Crippen molar-refractivity contribution in [1.29, 1.82) is 0 Å². The lowest BCUT2D eigenvalue weighted by atomic mass is 10.0. The van der Waals surface area contributed by atoms with Crippen LogP contribution in [0.25, 0.3) is 0 Å². The Morgan fingerprint density at radius 1 is 1.39 bits per heavy atom. The highest BCUT2D eigenvalue weighted by Crippen LogP contribution is 2.24. The van der Waals surface area contributed by atoms with Crippen molar-refractivity contribution in [2.75, 3.05) is 19.7 Å². The van der Waals surface area contributed by atoms with Crippen LogP contribution in [0.15, 0.2) is 30.3 Å². The van der Waals surface area contributed by atoms with Gasteiger partial charge in [-0.2, -0.15) is 0 Å². The molecule has 0 amide bonds. The summed E-state index contributed by atoms with van der Waals surface area (Å²) >= 11 is 0. The SMILES string of the molecule is CC1CCN(CCC(N)c2ccccc2)C1CO. The van der Waals surface area contributed by atoms with Crippen LogP contribution in [-0.4, -0.2) is 35.7 Å². The molecule has 0 radical (unpaired) electrons. The lowest BCUT2D eigenvalue weighted by Crippen LogP contribution is -2.36. The molecule has 0 saturated carbocycles. The molecule has 18 heavy (non-hydrogen) atoms. The monoisotopic (exact) mass is 248 g/mol. The Hall–Kier alpha value is -0.900. The van der Waals surface area contributed by atoms with Crippen LogP contribution in [0, 0.1) is 5.92 Å². The van der Waals surface area contributed by atoms with Crippen molar-refractivity contribution in [2.24, 2.45) is 11.7 Å². The largest absolute Gasteiger partial charge is 0.395 e. The molecule has 1 aliphatic heterocycles. The zero-order chi connectivity index (χ0) is 13.0. The smallest absolute Gasteiger partial charge is 0.0589 e. The maximum atomic E-state index is 9.42. The van der Waals surface area contributed by atoms with Gasteiger partial charge in [-0.25, -0.2) is 0 Å². The molecular formula is C15H24N2O. The van der Waals surface area contributed by atoms with Gasteiger partial charge in [0.25, 0.3) is 0 Å². The average molecular weight is 248 g/mol. The highest BCUT2D eigenvalue weighted by atomic mass is 16.3. The zero-order valence-corrected chi connectivity index (χ0v) is 11.1. The first kappa shape index (κ1) is 13.5. The number of likely N-dealkylation sites (tertiary alicyclic amines) is 1. The highest BCUT2D eigenvalue weighted by Gasteiger charge is 2.30. The van der Waals surface area contributed by atoms with Gasteiger partial charge < -0.3 is 10.8 Å². The molecule has 100 valence electrons. The van der Waals surface area contributed by atoms with Crippen LogP contribution in [0.1, 0.15) is 31.4 Å². The first-order chi connectivity index (χ1) is 8.72. The average Bonchev–Trinajstić information content (AvgIpc) is 2.77. The van der Waals surface area contributed by atoms with Gasteiger partial charge in [-0.3, -0.25) is 4.90 Å². The Morgan fingerprint density at radius 3 is 2.78 bits per heavy atom. The molecule has 1 saturated heterocycles. The summed E-state index contributed by atoms with van der Waals surface area (Å²) in [5.74, 6) is 0.600. The third-order valence-corrected chi connectivity index (χ3v) is 4.14. The lowest BCUT2D eigenvalue weighted by molar-refractivity contribution is 0.136. The summed E-state index contributed by atoms with van der Waals surface area (Å²) in [6.07, 6.45) is 2.14. The molecule has 3 unspecified atom stereocenters. The minimum absolute atomic E-state index is 0.0986. The molecule has 3 atom stereocenters. The molecule has 3 N–H and O–H groups in total. The molecule has 1 aromatic carbocycles. The number of hydrogen-bond acceptors (Lipinski definition) is 3. The van der Waals surface area contributed by atoms with E-state index in [0.29, 0.717) is 12.0 Å². The molecular weight excluding hydrogens is 224 g/mol. The molecule has 0 bridgehead atoms. The summed E-state index contributed by atoms with van der Waals surface area (Å²) in [4.78, 5) is 2.38. The third-order valence-electron chi connectivity index (χ3n) is 4.14. The van der Waals surface area contributed by atoms with E-state index in [1.54, 1.807) is 0 Å². The second-order valence-corrected chi connectivity index (χ2v) is 5.36. The van der Waals surface area contributed by atoms with Gasteiger partial charge in [0.05, 0.1) is 6.61 Å². The van der Waals surface area contributed by atoms with E-state index in [4.69, 9.17) is 5.73 Å². The van der Waals surface area contributed by atoms with Gasteiger partial charge in [0.2, 0.25) is 0 Å². The van der Waals surface area contributed by atoms with Gasteiger partial charge in [0, 0.05) is 18.6 Å². The first-order valence-corrected chi connectivity index (χ1v) is 6.88. The number of aliphatic hydroxyl groups is 1. The van der Waals surface area contributed by atoms with E-state index in [1.165, 1.54) is 12.0 Å². The van der Waals surface area contributed by atoms with Gasteiger partial charge in [-0.15, -0.1) is 0 Å². The minimum atomic E-state index is 0.0986. The summed E-state index contributed by atoms with van der Waals surface area (Å²) in [7, 11) is 0. The zero-order valence-electron chi connectivity index (χ0n) is 11.1. The van der Waals surface area contributed by atoms with E-state index in [9.17, 15) is 5.11 Å². The fourth-order valence-corrected chi connectivity index (χ4v) is 2.83. The molecule has 1 fully saturated rings. The minimum Gasteiger partial charge on any atom is -0.395 e. The van der Waals surface area contributed by atoms with Crippen molar-refractivity contribution in [3.8, 4) is 0 Å². The van der Waals surface area contributed by atoms with Crippen LogP contribution in [0.3, 0.4) is 0 Å². The van der Waals surface area contributed by atoms with E-state index in [-0.39, 0.29) is 12.6 Å². The Bertz CT molecular complexity index is 355. The maximum Gasteiger partial charge on any atom is 0.0589 e. The topological polar surface area (TPSA) is 49.5 Å². The second kappa shape index (κ2) is 6.32. The van der Waals surface area contributed by atoms with Crippen LogP contribution in [0.5, 0.6) is 0 Å². The predicted molar refractivity (Wildman–Crippen MR) is 74.2 cm³/mol. The molecule has 3 nitrogen and oxygen atoms in total. The lowest BCUT2D eigenvalue weighted by Gasteiger charge is -2.26. The predicted octanol–water partition coefficient (Wildman–Crippen LogP) is 1.78. The molecule has 0 aromatic heterocycles. The summed E-state index contributed by atoms with van der Waals surface area (Å²) in [5, 5.41) is 9.42. The Kier molecular flexibility index (Phi) is 4.75. The van der Waals surface area contributed by atoms with E-state index >= 15 is 0 Å². The standard InChI is InChI=1S/C15H24N2O/c1-12-7-9-17(15(12)11-18)10-8-14(16)13-5-3-2-4-6-13/h2-6,12,14-15,18H,7-11,16H2,1H3. The molecule has 1 aliphatic rings. The van der Waals surface area contributed by atoms with E-state index in [2.05, 4.69) is 24.0 Å². The highest BCUT2D eigenvalue weighted by molar-refractivity contribution is 5.18.